The van der Waals surface area contributed by atoms with Crippen molar-refractivity contribution in [2.75, 3.05) is 0 Å². The smallest absolute Gasteiger partial charge is 0.160 e. The van der Waals surface area contributed by atoms with Crippen molar-refractivity contribution in [2.45, 2.75) is 0 Å². The second kappa shape index (κ2) is 14.7. The van der Waals surface area contributed by atoms with Crippen molar-refractivity contribution in [1.29, 1.82) is 0 Å². The summed E-state index contributed by atoms with van der Waals surface area (Å²) in [5, 5.41) is 4.82. The Balaban J connectivity index is 1.20. The molecule has 0 atom stereocenters. The molecule has 290 valence electrons. The molecule has 12 aromatic rings. The molecule has 0 unspecified atom stereocenters. The number of nitrogens with zero attached hydrogens (tertiary/aromatic N) is 4. The number of benzene rings is 9. The highest BCUT2D eigenvalue weighted by atomic mass is 15.0. The van der Waals surface area contributed by atoms with Crippen LogP contribution in [0, 0.1) is 0 Å². The Labute approximate surface area is 359 Å². The molecule has 0 radical (unpaired) electrons. The Morgan fingerprint density at radius 3 is 1.15 bits per heavy atom. The molecule has 0 bridgehead atoms. The molecule has 0 fully saturated rings. The van der Waals surface area contributed by atoms with Gasteiger partial charge in [0.2, 0.25) is 0 Å². The van der Waals surface area contributed by atoms with Crippen LogP contribution in [0.2, 0.25) is 0 Å². The topological polar surface area (TPSA) is 35.6 Å². The summed E-state index contributed by atoms with van der Waals surface area (Å²) < 4.78 is 4.91. The highest BCUT2D eigenvalue weighted by Gasteiger charge is 2.24. The van der Waals surface area contributed by atoms with E-state index in [0.29, 0.717) is 5.82 Å². The molecule has 3 aromatic heterocycles. The monoisotopic (exact) mass is 790 g/mol. The molecule has 0 saturated heterocycles. The summed E-state index contributed by atoms with van der Waals surface area (Å²) in [6.07, 6.45) is 0. The van der Waals surface area contributed by atoms with Crippen LogP contribution in [0.3, 0.4) is 0 Å². The third-order valence-corrected chi connectivity index (χ3v) is 12.1. The lowest BCUT2D eigenvalue weighted by molar-refractivity contribution is 1.16. The van der Waals surface area contributed by atoms with Gasteiger partial charge >= 0.3 is 0 Å². The van der Waals surface area contributed by atoms with Gasteiger partial charge in [-0.15, -0.1) is 0 Å². The van der Waals surface area contributed by atoms with Crippen LogP contribution in [0.4, 0.5) is 0 Å². The van der Waals surface area contributed by atoms with Crippen LogP contribution in [0.1, 0.15) is 0 Å². The first kappa shape index (κ1) is 35.6. The standard InChI is InChI=1S/C58H38N4/c1-6-20-39(21-7-1)47-34-43(58-59-51(41-24-10-3-11-25-41)38-52(60-58)42-26-12-4-13-27-42)35-48(40-22-8-2-9-23-40)57(47)62-54-33-19-17-31-46(54)50-36-55-49(37-56(50)62)45-30-16-18-32-53(45)61(55)44-28-14-5-15-29-44/h1-38H. The average molecular weight is 791 g/mol. The van der Waals surface area contributed by atoms with E-state index in [2.05, 4.69) is 228 Å². The molecule has 9 aromatic carbocycles. The number of rotatable bonds is 7. The molecule has 0 aliphatic carbocycles. The van der Waals surface area contributed by atoms with Crippen LogP contribution in [0.25, 0.3) is 111 Å². The van der Waals surface area contributed by atoms with Crippen molar-refractivity contribution in [3.63, 3.8) is 0 Å². The first-order chi connectivity index (χ1) is 30.8. The summed E-state index contributed by atoms with van der Waals surface area (Å²) >= 11 is 0. The minimum Gasteiger partial charge on any atom is -0.309 e. The van der Waals surface area contributed by atoms with Crippen molar-refractivity contribution in [3.8, 4) is 67.5 Å². The predicted octanol–water partition coefficient (Wildman–Crippen LogP) is 15.0. The molecular formula is C58H38N4. The van der Waals surface area contributed by atoms with Gasteiger partial charge in [0.15, 0.2) is 5.82 Å². The lowest BCUT2D eigenvalue weighted by Gasteiger charge is -2.21. The second-order valence-electron chi connectivity index (χ2n) is 15.8. The molecule has 4 heteroatoms. The largest absolute Gasteiger partial charge is 0.309 e. The van der Waals surface area contributed by atoms with Gasteiger partial charge in [-0.2, -0.15) is 0 Å². The predicted molar refractivity (Wildman–Crippen MR) is 258 cm³/mol. The maximum atomic E-state index is 5.33. The first-order valence-corrected chi connectivity index (χ1v) is 21.1. The van der Waals surface area contributed by atoms with Crippen LogP contribution >= 0.6 is 0 Å². The Morgan fingerprint density at radius 2 is 0.661 bits per heavy atom. The fourth-order valence-corrected chi connectivity index (χ4v) is 9.30. The molecule has 62 heavy (non-hydrogen) atoms. The van der Waals surface area contributed by atoms with E-state index in [4.69, 9.17) is 9.97 Å². The molecule has 0 aliphatic rings. The van der Waals surface area contributed by atoms with Crippen molar-refractivity contribution in [3.05, 3.63) is 231 Å². The van der Waals surface area contributed by atoms with Crippen LogP contribution in [0.15, 0.2) is 231 Å². The molecular weight excluding hydrogens is 753 g/mol. The van der Waals surface area contributed by atoms with Gasteiger partial charge < -0.3 is 9.13 Å². The molecule has 0 saturated carbocycles. The normalized spacial score (nSPS) is 11.5. The average Bonchev–Trinajstić information content (AvgIpc) is 3.85. The third kappa shape index (κ3) is 5.92. The van der Waals surface area contributed by atoms with Crippen molar-refractivity contribution < 1.29 is 0 Å². The minimum absolute atomic E-state index is 0.670. The van der Waals surface area contributed by atoms with Crippen molar-refractivity contribution >= 4 is 43.6 Å². The zero-order chi connectivity index (χ0) is 41.0. The number of fused-ring (bicyclic) bond motifs is 6. The van der Waals surface area contributed by atoms with E-state index in [-0.39, 0.29) is 0 Å². The Kier molecular flexibility index (Phi) is 8.46. The molecule has 3 heterocycles. The SMILES string of the molecule is c1ccc(-c2cc(-c3ccccc3)nc(-c3cc(-c4ccccc4)c(-n4c5ccccc5c5cc6c(cc54)c4ccccc4n6-c4ccccc4)c(-c4ccccc4)c3)n2)cc1. The van der Waals surface area contributed by atoms with Crippen LogP contribution in [-0.2, 0) is 0 Å². The first-order valence-electron chi connectivity index (χ1n) is 21.1. The maximum absolute atomic E-state index is 5.33. The zero-order valence-corrected chi connectivity index (χ0v) is 33.7. The van der Waals surface area contributed by atoms with Gasteiger partial charge in [-0.25, -0.2) is 9.97 Å². The van der Waals surface area contributed by atoms with Gasteiger partial charge in [0.05, 0.1) is 39.1 Å². The number of aromatic nitrogens is 4. The van der Waals surface area contributed by atoms with Crippen molar-refractivity contribution in [2.24, 2.45) is 0 Å². The van der Waals surface area contributed by atoms with Gasteiger partial charge in [-0.1, -0.05) is 176 Å². The lowest BCUT2D eigenvalue weighted by atomic mass is 9.92. The van der Waals surface area contributed by atoms with E-state index in [1.165, 1.54) is 32.6 Å². The zero-order valence-electron chi connectivity index (χ0n) is 33.7. The van der Waals surface area contributed by atoms with Crippen molar-refractivity contribution in [1.82, 2.24) is 19.1 Å². The van der Waals surface area contributed by atoms with E-state index in [0.717, 1.165) is 72.7 Å². The number of hydrogen-bond acceptors (Lipinski definition) is 2. The Hall–Kier alpha value is -8.34. The van der Waals surface area contributed by atoms with E-state index in [9.17, 15) is 0 Å². The maximum Gasteiger partial charge on any atom is 0.160 e. The number of hydrogen-bond donors (Lipinski definition) is 0. The quantitative estimate of drug-likeness (QED) is 0.161. The van der Waals surface area contributed by atoms with Gasteiger partial charge in [0, 0.05) is 55.0 Å². The summed E-state index contributed by atoms with van der Waals surface area (Å²) in [5.74, 6) is 0.670. The third-order valence-electron chi connectivity index (χ3n) is 12.1. The summed E-state index contributed by atoms with van der Waals surface area (Å²) in [6, 6.07) is 82.2. The number of para-hydroxylation sites is 3. The van der Waals surface area contributed by atoms with E-state index in [1.807, 2.05) is 12.1 Å². The van der Waals surface area contributed by atoms with E-state index in [1.54, 1.807) is 0 Å². The Morgan fingerprint density at radius 1 is 0.274 bits per heavy atom. The van der Waals surface area contributed by atoms with E-state index >= 15 is 0 Å². The fourth-order valence-electron chi connectivity index (χ4n) is 9.30. The molecule has 0 amide bonds. The highest BCUT2D eigenvalue weighted by Crippen LogP contribution is 2.45. The second-order valence-corrected chi connectivity index (χ2v) is 15.8. The fraction of sp³-hybridized carbons (Fsp3) is 0. The summed E-state index contributed by atoms with van der Waals surface area (Å²) in [5.41, 5.74) is 16.1. The van der Waals surface area contributed by atoms with Crippen LogP contribution < -0.4 is 0 Å². The van der Waals surface area contributed by atoms with Crippen LogP contribution in [-0.4, -0.2) is 19.1 Å². The molecule has 4 nitrogen and oxygen atoms in total. The van der Waals surface area contributed by atoms with Gasteiger partial charge in [-0.3, -0.25) is 0 Å². The van der Waals surface area contributed by atoms with Gasteiger partial charge in [-0.05, 0) is 65.7 Å². The summed E-state index contributed by atoms with van der Waals surface area (Å²) in [7, 11) is 0. The lowest BCUT2D eigenvalue weighted by Crippen LogP contribution is -2.03. The summed E-state index contributed by atoms with van der Waals surface area (Å²) in [6.45, 7) is 0. The van der Waals surface area contributed by atoms with Gasteiger partial charge in [0.1, 0.15) is 0 Å². The molecule has 0 spiro atoms. The molecule has 0 N–H and O–H groups in total. The molecule has 0 aliphatic heterocycles. The summed E-state index contributed by atoms with van der Waals surface area (Å²) in [4.78, 5) is 10.7. The van der Waals surface area contributed by atoms with Gasteiger partial charge in [0.25, 0.3) is 0 Å². The Bertz CT molecular complexity index is 3470. The van der Waals surface area contributed by atoms with Crippen LogP contribution in [0.5, 0.6) is 0 Å². The molecule has 12 rings (SSSR count). The highest BCUT2D eigenvalue weighted by molar-refractivity contribution is 6.19. The van der Waals surface area contributed by atoms with E-state index < -0.39 is 0 Å². The minimum atomic E-state index is 0.670.